The number of anilines is 1. The van der Waals surface area contributed by atoms with Crippen LogP contribution in [0.3, 0.4) is 0 Å². The van der Waals surface area contributed by atoms with Crippen LogP contribution >= 0.6 is 23.4 Å². The third-order valence-corrected chi connectivity index (χ3v) is 5.75. The first-order valence-electron chi connectivity index (χ1n) is 7.61. The molecule has 118 valence electrons. The Hall–Kier alpha value is -1.20. The molecule has 0 aromatic heterocycles. The van der Waals surface area contributed by atoms with E-state index in [0.29, 0.717) is 5.02 Å². The summed E-state index contributed by atoms with van der Waals surface area (Å²) in [5, 5.41) is 3.08. The molecule has 6 heteroatoms. The van der Waals surface area contributed by atoms with E-state index in [0.717, 1.165) is 30.0 Å². The molecule has 0 radical (unpaired) electrons. The first-order valence-corrected chi connectivity index (χ1v) is 8.87. The molecular weight excluding hydrogens is 320 g/mol. The standard InChI is InChI=1S/C16H19ClN2O2S/c1-10-4-2-3-7-19(10)15(20)9-14-16(21)18-12-8-11(17)5-6-13(12)22-14/h5-6,8,10,14H,2-4,7,9H2,1H3,(H,18,21)/t10-,14+/m0/s1. The molecule has 1 aromatic carbocycles. The van der Waals surface area contributed by atoms with E-state index < -0.39 is 0 Å². The van der Waals surface area contributed by atoms with Crippen molar-refractivity contribution in [1.82, 2.24) is 4.90 Å². The summed E-state index contributed by atoms with van der Waals surface area (Å²) in [6.45, 7) is 2.90. The van der Waals surface area contributed by atoms with Gasteiger partial charge < -0.3 is 10.2 Å². The SMILES string of the molecule is C[C@H]1CCCCN1C(=O)C[C@H]1Sc2ccc(Cl)cc2NC1=O. The van der Waals surface area contributed by atoms with Crippen LogP contribution in [-0.4, -0.2) is 34.6 Å². The molecule has 2 amide bonds. The summed E-state index contributed by atoms with van der Waals surface area (Å²) in [7, 11) is 0. The lowest BCUT2D eigenvalue weighted by Crippen LogP contribution is -2.44. The molecule has 0 bridgehead atoms. The van der Waals surface area contributed by atoms with Crippen LogP contribution in [0, 0.1) is 0 Å². The van der Waals surface area contributed by atoms with Gasteiger partial charge in [-0.05, 0) is 44.4 Å². The summed E-state index contributed by atoms with van der Waals surface area (Å²) < 4.78 is 0. The third kappa shape index (κ3) is 3.25. The van der Waals surface area contributed by atoms with Crippen LogP contribution in [0.1, 0.15) is 32.6 Å². The van der Waals surface area contributed by atoms with E-state index in [1.807, 2.05) is 11.0 Å². The van der Waals surface area contributed by atoms with Crippen molar-refractivity contribution in [3.05, 3.63) is 23.2 Å². The summed E-state index contributed by atoms with van der Waals surface area (Å²) in [6, 6.07) is 5.72. The molecule has 1 aromatic rings. The van der Waals surface area contributed by atoms with Gasteiger partial charge in [0, 0.05) is 28.9 Å². The molecule has 0 spiro atoms. The van der Waals surface area contributed by atoms with Gasteiger partial charge in [-0.2, -0.15) is 0 Å². The largest absolute Gasteiger partial charge is 0.340 e. The predicted molar refractivity (Wildman–Crippen MR) is 89.4 cm³/mol. The summed E-state index contributed by atoms with van der Waals surface area (Å²) in [4.78, 5) is 27.6. The number of halogens is 1. The number of rotatable bonds is 2. The highest BCUT2D eigenvalue weighted by atomic mass is 35.5. The monoisotopic (exact) mass is 338 g/mol. The average Bonchev–Trinajstić information content (AvgIpc) is 2.48. The number of carbonyl (C=O) groups is 2. The number of hydrogen-bond donors (Lipinski definition) is 1. The van der Waals surface area contributed by atoms with Crippen LogP contribution in [0.25, 0.3) is 0 Å². The van der Waals surface area contributed by atoms with E-state index in [2.05, 4.69) is 12.2 Å². The van der Waals surface area contributed by atoms with Crippen molar-refractivity contribution in [2.45, 2.75) is 48.8 Å². The lowest BCUT2D eigenvalue weighted by Gasteiger charge is -2.34. The van der Waals surface area contributed by atoms with Crippen LogP contribution in [-0.2, 0) is 9.59 Å². The lowest BCUT2D eigenvalue weighted by molar-refractivity contribution is -0.135. The van der Waals surface area contributed by atoms with E-state index in [4.69, 9.17) is 11.6 Å². The molecule has 2 aliphatic heterocycles. The summed E-state index contributed by atoms with van der Waals surface area (Å²) in [5.74, 6) is -0.0324. The number of benzene rings is 1. The number of fused-ring (bicyclic) bond motifs is 1. The van der Waals surface area contributed by atoms with Crippen molar-refractivity contribution in [3.8, 4) is 0 Å². The topological polar surface area (TPSA) is 49.4 Å². The molecular formula is C16H19ClN2O2S. The van der Waals surface area contributed by atoms with Gasteiger partial charge in [-0.25, -0.2) is 0 Å². The normalized spacial score (nSPS) is 24.6. The minimum Gasteiger partial charge on any atom is -0.340 e. The zero-order valence-electron chi connectivity index (χ0n) is 12.5. The highest BCUT2D eigenvalue weighted by molar-refractivity contribution is 8.01. The number of nitrogens with one attached hydrogen (secondary N) is 1. The van der Waals surface area contributed by atoms with Gasteiger partial charge in [0.05, 0.1) is 10.9 Å². The molecule has 0 unspecified atom stereocenters. The zero-order chi connectivity index (χ0) is 15.7. The van der Waals surface area contributed by atoms with Crippen molar-refractivity contribution in [2.24, 2.45) is 0 Å². The molecule has 1 N–H and O–H groups in total. The number of thioether (sulfide) groups is 1. The quantitative estimate of drug-likeness (QED) is 0.897. The Morgan fingerprint density at radius 3 is 3.05 bits per heavy atom. The molecule has 2 atom stereocenters. The van der Waals surface area contributed by atoms with Crippen molar-refractivity contribution in [2.75, 3.05) is 11.9 Å². The van der Waals surface area contributed by atoms with Crippen LogP contribution in [0.2, 0.25) is 5.02 Å². The van der Waals surface area contributed by atoms with Gasteiger partial charge in [0.2, 0.25) is 11.8 Å². The fourth-order valence-electron chi connectivity index (χ4n) is 3.00. The first-order chi connectivity index (χ1) is 10.5. The molecule has 0 aliphatic carbocycles. The average molecular weight is 339 g/mol. The first kappa shape index (κ1) is 15.7. The highest BCUT2D eigenvalue weighted by Crippen LogP contribution is 2.38. The minimum atomic E-state index is -0.365. The van der Waals surface area contributed by atoms with Crippen LogP contribution < -0.4 is 5.32 Å². The number of likely N-dealkylation sites (tertiary alicyclic amines) is 1. The van der Waals surface area contributed by atoms with Gasteiger partial charge in [0.25, 0.3) is 0 Å². The summed E-state index contributed by atoms with van der Waals surface area (Å²) in [6.07, 6.45) is 3.54. The van der Waals surface area contributed by atoms with Gasteiger partial charge in [0.15, 0.2) is 0 Å². The minimum absolute atomic E-state index is 0.0808. The summed E-state index contributed by atoms with van der Waals surface area (Å²) >= 11 is 7.39. The number of piperidine rings is 1. The van der Waals surface area contributed by atoms with Gasteiger partial charge in [0.1, 0.15) is 0 Å². The van der Waals surface area contributed by atoms with Crippen molar-refractivity contribution in [1.29, 1.82) is 0 Å². The maximum atomic E-state index is 12.5. The van der Waals surface area contributed by atoms with Gasteiger partial charge in [-0.15, -0.1) is 11.8 Å². The predicted octanol–water partition coefficient (Wildman–Crippen LogP) is 3.54. The lowest BCUT2D eigenvalue weighted by atomic mass is 10.0. The highest BCUT2D eigenvalue weighted by Gasteiger charge is 2.32. The Morgan fingerprint density at radius 2 is 2.27 bits per heavy atom. The van der Waals surface area contributed by atoms with Crippen LogP contribution in [0.5, 0.6) is 0 Å². The Balaban J connectivity index is 1.69. The molecule has 1 fully saturated rings. The van der Waals surface area contributed by atoms with Crippen LogP contribution in [0.15, 0.2) is 23.1 Å². The smallest absolute Gasteiger partial charge is 0.238 e. The number of hydrogen-bond acceptors (Lipinski definition) is 3. The molecule has 2 aliphatic rings. The second kappa shape index (κ2) is 6.50. The molecule has 22 heavy (non-hydrogen) atoms. The van der Waals surface area contributed by atoms with Crippen molar-refractivity contribution in [3.63, 3.8) is 0 Å². The second-order valence-electron chi connectivity index (χ2n) is 5.87. The number of nitrogens with zero attached hydrogens (tertiary/aromatic N) is 1. The van der Waals surface area contributed by atoms with Gasteiger partial charge >= 0.3 is 0 Å². The molecule has 3 rings (SSSR count). The third-order valence-electron chi connectivity index (χ3n) is 4.24. The fraction of sp³-hybridized carbons (Fsp3) is 0.500. The van der Waals surface area contributed by atoms with Crippen molar-refractivity contribution < 1.29 is 9.59 Å². The number of amides is 2. The zero-order valence-corrected chi connectivity index (χ0v) is 14.0. The van der Waals surface area contributed by atoms with Crippen molar-refractivity contribution >= 4 is 40.9 Å². The molecule has 1 saturated heterocycles. The maximum absolute atomic E-state index is 12.5. The Morgan fingerprint density at radius 1 is 1.45 bits per heavy atom. The Kier molecular flexibility index (Phi) is 4.64. The molecule has 2 heterocycles. The number of carbonyl (C=O) groups excluding carboxylic acids is 2. The Bertz CT molecular complexity index is 608. The van der Waals surface area contributed by atoms with Gasteiger partial charge in [-0.3, -0.25) is 9.59 Å². The Labute approximate surface area is 139 Å². The second-order valence-corrected chi connectivity index (χ2v) is 7.55. The van der Waals surface area contributed by atoms with E-state index in [1.165, 1.54) is 18.2 Å². The molecule has 4 nitrogen and oxygen atoms in total. The fourth-order valence-corrected chi connectivity index (χ4v) is 4.26. The summed E-state index contributed by atoms with van der Waals surface area (Å²) in [5.41, 5.74) is 0.734. The maximum Gasteiger partial charge on any atom is 0.238 e. The van der Waals surface area contributed by atoms with E-state index in [1.54, 1.807) is 12.1 Å². The van der Waals surface area contributed by atoms with Crippen LogP contribution in [0.4, 0.5) is 5.69 Å². The van der Waals surface area contributed by atoms with Gasteiger partial charge in [-0.1, -0.05) is 11.6 Å². The molecule has 0 saturated carbocycles. The van der Waals surface area contributed by atoms with E-state index in [-0.39, 0.29) is 29.5 Å². The van der Waals surface area contributed by atoms with E-state index >= 15 is 0 Å². The van der Waals surface area contributed by atoms with E-state index in [9.17, 15) is 9.59 Å².